The van der Waals surface area contributed by atoms with Gasteiger partial charge in [-0.3, -0.25) is 4.79 Å². The molecule has 0 fully saturated rings. The second kappa shape index (κ2) is 7.89. The number of nitrogens with zero attached hydrogens (tertiary/aromatic N) is 2. The van der Waals surface area contributed by atoms with Crippen molar-refractivity contribution in [2.45, 2.75) is 32.7 Å². The van der Waals surface area contributed by atoms with E-state index in [0.29, 0.717) is 5.56 Å². The lowest BCUT2D eigenvalue weighted by Crippen LogP contribution is -2.17. The van der Waals surface area contributed by atoms with Crippen LogP contribution in [0.15, 0.2) is 71.7 Å². The molecule has 0 aliphatic rings. The average Bonchev–Trinajstić information content (AvgIpc) is 3.05. The highest BCUT2D eigenvalue weighted by Gasteiger charge is 2.11. The Bertz CT molecular complexity index is 1160. The zero-order chi connectivity index (χ0) is 18.6. The van der Waals surface area contributed by atoms with Crippen LogP contribution < -0.4 is 4.80 Å². The Kier molecular flexibility index (Phi) is 5.16. The van der Waals surface area contributed by atoms with Gasteiger partial charge in [0.25, 0.3) is 5.91 Å². The van der Waals surface area contributed by atoms with E-state index in [0.717, 1.165) is 34.1 Å². The first-order chi connectivity index (χ1) is 13.3. The molecule has 0 aliphatic carbocycles. The van der Waals surface area contributed by atoms with Gasteiger partial charge in [0.15, 0.2) is 4.80 Å². The molecule has 4 rings (SSSR count). The maximum absolute atomic E-state index is 13.0. The van der Waals surface area contributed by atoms with Gasteiger partial charge in [-0.15, -0.1) is 0 Å². The zero-order valence-electron chi connectivity index (χ0n) is 15.4. The fourth-order valence-electron chi connectivity index (χ4n) is 3.40. The van der Waals surface area contributed by atoms with Crippen molar-refractivity contribution in [3.63, 3.8) is 0 Å². The molecule has 0 aliphatic heterocycles. The molecule has 3 nitrogen and oxygen atoms in total. The molecular weight excluding hydrogens is 352 g/mol. The molecule has 1 heterocycles. The van der Waals surface area contributed by atoms with Gasteiger partial charge in [0.1, 0.15) is 0 Å². The predicted molar refractivity (Wildman–Crippen MR) is 113 cm³/mol. The van der Waals surface area contributed by atoms with Gasteiger partial charge < -0.3 is 4.57 Å². The quantitative estimate of drug-likeness (QED) is 0.407. The summed E-state index contributed by atoms with van der Waals surface area (Å²) in [5, 5.41) is 2.01. The Morgan fingerprint density at radius 3 is 2.63 bits per heavy atom. The van der Waals surface area contributed by atoms with Crippen LogP contribution in [-0.4, -0.2) is 10.5 Å². The summed E-state index contributed by atoms with van der Waals surface area (Å²) in [5.74, 6) is -0.178. The number of hydrogen-bond acceptors (Lipinski definition) is 2. The molecule has 4 aromatic rings. The number of carbonyl (C=O) groups excluding carboxylic acids is 1. The Labute approximate surface area is 162 Å². The van der Waals surface area contributed by atoms with E-state index < -0.39 is 0 Å². The molecule has 0 saturated carbocycles. The summed E-state index contributed by atoms with van der Waals surface area (Å²) in [4.78, 5) is 18.3. The van der Waals surface area contributed by atoms with Crippen molar-refractivity contribution in [3.05, 3.63) is 77.1 Å². The van der Waals surface area contributed by atoms with E-state index >= 15 is 0 Å². The number of unbranched alkanes of at least 4 members (excludes halogenated alkanes) is 2. The highest BCUT2D eigenvalue weighted by Crippen LogP contribution is 2.20. The van der Waals surface area contributed by atoms with E-state index in [9.17, 15) is 4.79 Å². The minimum Gasteiger partial charge on any atom is -0.316 e. The van der Waals surface area contributed by atoms with Crippen LogP contribution in [0, 0.1) is 0 Å². The molecule has 0 unspecified atom stereocenters. The van der Waals surface area contributed by atoms with Gasteiger partial charge in [0, 0.05) is 12.1 Å². The molecule has 0 spiro atoms. The third-order valence-corrected chi connectivity index (χ3v) is 5.85. The van der Waals surface area contributed by atoms with E-state index in [-0.39, 0.29) is 5.91 Å². The topological polar surface area (TPSA) is 34.4 Å². The molecule has 0 atom stereocenters. The second-order valence-electron chi connectivity index (χ2n) is 6.65. The van der Waals surface area contributed by atoms with Crippen molar-refractivity contribution in [3.8, 4) is 0 Å². The number of fused-ring (bicyclic) bond motifs is 2. The summed E-state index contributed by atoms with van der Waals surface area (Å²) < 4.78 is 3.36. The first-order valence-electron chi connectivity index (χ1n) is 9.43. The fourth-order valence-corrected chi connectivity index (χ4v) is 4.46. The van der Waals surface area contributed by atoms with Crippen LogP contribution >= 0.6 is 11.3 Å². The molecule has 1 aromatic heterocycles. The predicted octanol–water partition coefficient (Wildman–Crippen LogP) is 5.79. The molecule has 0 bridgehead atoms. The van der Waals surface area contributed by atoms with E-state index in [1.807, 2.05) is 54.6 Å². The summed E-state index contributed by atoms with van der Waals surface area (Å²) in [5.41, 5.74) is 1.81. The third kappa shape index (κ3) is 3.58. The van der Waals surface area contributed by atoms with Crippen LogP contribution in [0.1, 0.15) is 36.5 Å². The third-order valence-electron chi connectivity index (χ3n) is 4.79. The van der Waals surface area contributed by atoms with Crippen LogP contribution in [0.2, 0.25) is 0 Å². The number of benzene rings is 3. The van der Waals surface area contributed by atoms with E-state index in [1.54, 1.807) is 11.3 Å². The number of amides is 1. The SMILES string of the molecule is CCCCCn1c(=NC(=O)c2cccc3ccccc23)sc2ccccc21. The Balaban J connectivity index is 1.81. The van der Waals surface area contributed by atoms with Crippen molar-refractivity contribution >= 4 is 38.2 Å². The maximum atomic E-state index is 13.0. The van der Waals surface area contributed by atoms with Gasteiger partial charge in [-0.2, -0.15) is 4.99 Å². The van der Waals surface area contributed by atoms with Crippen LogP contribution in [0.3, 0.4) is 0 Å². The highest BCUT2D eigenvalue weighted by atomic mass is 32.1. The standard InChI is InChI=1S/C23H22N2OS/c1-2-3-8-16-25-20-14-6-7-15-21(20)27-23(25)24-22(26)19-13-9-11-17-10-4-5-12-18(17)19/h4-7,9-15H,2-3,8,16H2,1H3. The first kappa shape index (κ1) is 17.7. The van der Waals surface area contributed by atoms with Crippen molar-refractivity contribution in [2.75, 3.05) is 0 Å². The fraction of sp³-hybridized carbons (Fsp3) is 0.217. The molecule has 0 N–H and O–H groups in total. The van der Waals surface area contributed by atoms with Gasteiger partial charge in [0.2, 0.25) is 0 Å². The number of para-hydroxylation sites is 1. The van der Waals surface area contributed by atoms with Crippen LogP contribution in [-0.2, 0) is 6.54 Å². The summed E-state index contributed by atoms with van der Waals surface area (Å²) in [6.45, 7) is 3.09. The van der Waals surface area contributed by atoms with Crippen molar-refractivity contribution in [1.29, 1.82) is 0 Å². The number of hydrogen-bond donors (Lipinski definition) is 0. The maximum Gasteiger partial charge on any atom is 0.280 e. The van der Waals surface area contributed by atoms with Crippen LogP contribution in [0.25, 0.3) is 21.0 Å². The van der Waals surface area contributed by atoms with E-state index in [1.165, 1.54) is 17.5 Å². The Morgan fingerprint density at radius 2 is 1.74 bits per heavy atom. The summed E-state index contributed by atoms with van der Waals surface area (Å²) in [7, 11) is 0. The van der Waals surface area contributed by atoms with Gasteiger partial charge in [-0.25, -0.2) is 0 Å². The smallest absolute Gasteiger partial charge is 0.280 e. The molecule has 3 aromatic carbocycles. The molecule has 4 heteroatoms. The van der Waals surface area contributed by atoms with Gasteiger partial charge in [-0.05, 0) is 35.4 Å². The van der Waals surface area contributed by atoms with Crippen molar-refractivity contribution in [2.24, 2.45) is 4.99 Å². The van der Waals surface area contributed by atoms with Crippen molar-refractivity contribution < 1.29 is 4.79 Å². The van der Waals surface area contributed by atoms with Crippen LogP contribution in [0.5, 0.6) is 0 Å². The van der Waals surface area contributed by atoms with Crippen molar-refractivity contribution in [1.82, 2.24) is 4.57 Å². The van der Waals surface area contributed by atoms with Gasteiger partial charge >= 0.3 is 0 Å². The largest absolute Gasteiger partial charge is 0.316 e. The summed E-state index contributed by atoms with van der Waals surface area (Å²) in [6.07, 6.45) is 3.44. The van der Waals surface area contributed by atoms with E-state index in [2.05, 4.69) is 28.6 Å². The Morgan fingerprint density at radius 1 is 0.963 bits per heavy atom. The molecule has 27 heavy (non-hydrogen) atoms. The Hall–Kier alpha value is -2.72. The zero-order valence-corrected chi connectivity index (χ0v) is 16.2. The lowest BCUT2D eigenvalue weighted by atomic mass is 10.0. The number of rotatable bonds is 5. The molecular formula is C23H22N2OS. The molecule has 0 radical (unpaired) electrons. The number of carbonyl (C=O) groups is 1. The number of aromatic nitrogens is 1. The lowest BCUT2D eigenvalue weighted by Gasteiger charge is -2.05. The normalized spacial score (nSPS) is 12.1. The number of aryl methyl sites for hydroxylation is 1. The minimum absolute atomic E-state index is 0.178. The average molecular weight is 375 g/mol. The van der Waals surface area contributed by atoms with Gasteiger partial charge in [-0.1, -0.05) is 79.6 Å². The van der Waals surface area contributed by atoms with Crippen LogP contribution in [0.4, 0.5) is 0 Å². The monoisotopic (exact) mass is 374 g/mol. The second-order valence-corrected chi connectivity index (χ2v) is 7.66. The molecule has 136 valence electrons. The highest BCUT2D eigenvalue weighted by molar-refractivity contribution is 7.16. The van der Waals surface area contributed by atoms with Gasteiger partial charge in [0.05, 0.1) is 10.2 Å². The lowest BCUT2D eigenvalue weighted by molar-refractivity contribution is 0.0999. The summed E-state index contributed by atoms with van der Waals surface area (Å²) >= 11 is 1.59. The van der Waals surface area contributed by atoms with E-state index in [4.69, 9.17) is 0 Å². The molecule has 0 saturated heterocycles. The summed E-state index contributed by atoms with van der Waals surface area (Å²) in [6, 6.07) is 22.1. The minimum atomic E-state index is -0.178. The number of thiazole rings is 1. The molecule has 1 amide bonds. The first-order valence-corrected chi connectivity index (χ1v) is 10.2.